The number of benzene rings is 1. The topological polar surface area (TPSA) is 47.6 Å². The van der Waals surface area contributed by atoms with Crippen molar-refractivity contribution in [3.63, 3.8) is 0 Å². The number of halogens is 1. The van der Waals surface area contributed by atoms with E-state index in [9.17, 15) is 9.18 Å². The fourth-order valence-electron chi connectivity index (χ4n) is 2.30. The van der Waals surface area contributed by atoms with E-state index < -0.39 is 0 Å². The first-order valence-electron chi connectivity index (χ1n) is 8.74. The normalized spacial score (nSPS) is 13.5. The van der Waals surface area contributed by atoms with E-state index in [1.807, 2.05) is 30.3 Å². The Kier molecular flexibility index (Phi) is 11.1. The summed E-state index contributed by atoms with van der Waals surface area (Å²) < 4.78 is 22.7. The van der Waals surface area contributed by atoms with Gasteiger partial charge in [-0.2, -0.15) is 0 Å². The third-order valence-electron chi connectivity index (χ3n) is 4.07. The van der Waals surface area contributed by atoms with Crippen LogP contribution in [0.15, 0.2) is 30.3 Å². The quantitative estimate of drug-likeness (QED) is 0.442. The minimum absolute atomic E-state index is 0.168. The highest BCUT2D eigenvalue weighted by molar-refractivity contribution is 5.73. The number of alkyl halides is 1. The maximum atomic E-state index is 12.4. The molecule has 2 atom stereocenters. The van der Waals surface area contributed by atoms with Gasteiger partial charge in [0.15, 0.2) is 0 Å². The Labute approximate surface area is 144 Å². The highest BCUT2D eigenvalue weighted by Crippen LogP contribution is 2.17. The van der Waals surface area contributed by atoms with E-state index in [-0.39, 0.29) is 24.5 Å². The molecule has 0 saturated heterocycles. The molecule has 4 nitrogen and oxygen atoms in total. The number of esters is 1. The lowest BCUT2D eigenvalue weighted by atomic mass is 9.91. The van der Waals surface area contributed by atoms with E-state index in [2.05, 4.69) is 19.2 Å². The van der Waals surface area contributed by atoms with Gasteiger partial charge < -0.3 is 14.8 Å². The zero-order chi connectivity index (χ0) is 17.6. The van der Waals surface area contributed by atoms with E-state index in [0.29, 0.717) is 39.3 Å². The standard InChI is InChI=1S/C19H30FNO3/c1-3-16(2)18(14-21-11-13-23-12-7-10-20)19(22)24-15-17-8-5-4-6-9-17/h4-6,8-9,16,18,21H,3,7,10-15H2,1-2H3/t16-,18?/m0/s1. The lowest BCUT2D eigenvalue weighted by Gasteiger charge is -2.22. The van der Waals surface area contributed by atoms with E-state index in [4.69, 9.17) is 9.47 Å². The first-order chi connectivity index (χ1) is 11.7. The molecule has 5 heteroatoms. The Balaban J connectivity index is 2.33. The number of carbonyl (C=O) groups is 1. The van der Waals surface area contributed by atoms with Crippen LogP contribution < -0.4 is 5.32 Å². The first kappa shape index (κ1) is 20.6. The van der Waals surface area contributed by atoms with Gasteiger partial charge in [0.05, 0.1) is 19.2 Å². The second-order valence-corrected chi connectivity index (χ2v) is 5.94. The highest BCUT2D eigenvalue weighted by atomic mass is 19.1. The van der Waals surface area contributed by atoms with Gasteiger partial charge in [-0.15, -0.1) is 0 Å². The summed E-state index contributed by atoms with van der Waals surface area (Å²) in [4.78, 5) is 12.4. The Morgan fingerprint density at radius 1 is 1.25 bits per heavy atom. The van der Waals surface area contributed by atoms with Gasteiger partial charge in [0.2, 0.25) is 0 Å². The van der Waals surface area contributed by atoms with Gasteiger partial charge in [0, 0.05) is 19.7 Å². The molecule has 0 spiro atoms. The van der Waals surface area contributed by atoms with Gasteiger partial charge in [0.25, 0.3) is 0 Å². The van der Waals surface area contributed by atoms with Crippen molar-refractivity contribution in [3.05, 3.63) is 35.9 Å². The summed E-state index contributed by atoms with van der Waals surface area (Å²) in [5.74, 6) is -0.100. The third-order valence-corrected chi connectivity index (χ3v) is 4.07. The SMILES string of the molecule is CC[C@H](C)C(CNCCOCCCF)C(=O)OCc1ccccc1. The molecule has 0 heterocycles. The molecule has 0 fully saturated rings. The van der Waals surface area contributed by atoms with Crippen molar-refractivity contribution in [2.45, 2.75) is 33.3 Å². The van der Waals surface area contributed by atoms with Crippen molar-refractivity contribution < 1.29 is 18.7 Å². The van der Waals surface area contributed by atoms with Gasteiger partial charge in [0.1, 0.15) is 6.61 Å². The molecule has 0 aromatic heterocycles. The van der Waals surface area contributed by atoms with Crippen LogP contribution in [0.25, 0.3) is 0 Å². The van der Waals surface area contributed by atoms with Crippen molar-refractivity contribution in [2.24, 2.45) is 11.8 Å². The summed E-state index contributed by atoms with van der Waals surface area (Å²) in [6, 6.07) is 9.68. The molecule has 0 amide bonds. The average Bonchev–Trinajstić information content (AvgIpc) is 2.62. The minimum atomic E-state index is -0.350. The van der Waals surface area contributed by atoms with Crippen LogP contribution in [0.4, 0.5) is 4.39 Å². The lowest BCUT2D eigenvalue weighted by molar-refractivity contribution is -0.151. The van der Waals surface area contributed by atoms with Crippen LogP contribution in [0, 0.1) is 11.8 Å². The molecule has 0 aliphatic heterocycles. The van der Waals surface area contributed by atoms with Crippen LogP contribution in [0.1, 0.15) is 32.3 Å². The van der Waals surface area contributed by atoms with E-state index in [1.165, 1.54) is 0 Å². The van der Waals surface area contributed by atoms with Crippen molar-refractivity contribution >= 4 is 5.97 Å². The summed E-state index contributed by atoms with van der Waals surface area (Å²) in [6.07, 6.45) is 1.35. The van der Waals surface area contributed by atoms with Gasteiger partial charge >= 0.3 is 5.97 Å². The molecule has 0 aliphatic rings. The van der Waals surface area contributed by atoms with Gasteiger partial charge in [-0.05, 0) is 17.9 Å². The molecule has 0 bridgehead atoms. The van der Waals surface area contributed by atoms with Crippen molar-refractivity contribution in [3.8, 4) is 0 Å². The zero-order valence-electron chi connectivity index (χ0n) is 14.8. The van der Waals surface area contributed by atoms with Crippen LogP contribution in [-0.4, -0.2) is 38.9 Å². The summed E-state index contributed by atoms with van der Waals surface area (Å²) in [7, 11) is 0. The van der Waals surface area contributed by atoms with Crippen molar-refractivity contribution in [2.75, 3.05) is 33.0 Å². The maximum absolute atomic E-state index is 12.4. The predicted molar refractivity (Wildman–Crippen MR) is 93.5 cm³/mol. The first-order valence-corrected chi connectivity index (χ1v) is 8.74. The second-order valence-electron chi connectivity index (χ2n) is 5.94. The average molecular weight is 339 g/mol. The van der Waals surface area contributed by atoms with Crippen LogP contribution in [0.3, 0.4) is 0 Å². The molecular weight excluding hydrogens is 309 g/mol. The number of ether oxygens (including phenoxy) is 2. The largest absolute Gasteiger partial charge is 0.461 e. The summed E-state index contributed by atoms with van der Waals surface area (Å²) >= 11 is 0. The van der Waals surface area contributed by atoms with E-state index >= 15 is 0 Å². The van der Waals surface area contributed by atoms with Crippen LogP contribution in [-0.2, 0) is 20.9 Å². The molecule has 136 valence electrons. The number of hydrogen-bond donors (Lipinski definition) is 1. The van der Waals surface area contributed by atoms with E-state index in [0.717, 1.165) is 12.0 Å². The molecular formula is C19H30FNO3. The number of hydrogen-bond acceptors (Lipinski definition) is 4. The van der Waals surface area contributed by atoms with Crippen LogP contribution in [0.5, 0.6) is 0 Å². The maximum Gasteiger partial charge on any atom is 0.310 e. The Morgan fingerprint density at radius 3 is 2.67 bits per heavy atom. The van der Waals surface area contributed by atoms with Crippen molar-refractivity contribution in [1.29, 1.82) is 0 Å². The number of carbonyl (C=O) groups excluding carboxylic acids is 1. The minimum Gasteiger partial charge on any atom is -0.461 e. The zero-order valence-corrected chi connectivity index (χ0v) is 14.8. The number of rotatable bonds is 13. The molecule has 0 saturated carbocycles. The molecule has 1 unspecified atom stereocenters. The molecule has 1 rings (SSSR count). The molecule has 0 radical (unpaired) electrons. The van der Waals surface area contributed by atoms with Crippen molar-refractivity contribution in [1.82, 2.24) is 5.32 Å². The van der Waals surface area contributed by atoms with E-state index in [1.54, 1.807) is 0 Å². The molecule has 1 aromatic rings. The number of nitrogens with one attached hydrogen (secondary N) is 1. The summed E-state index contributed by atoms with van der Waals surface area (Å²) in [5.41, 5.74) is 0.989. The predicted octanol–water partition coefficient (Wildman–Crippen LogP) is 3.36. The fourth-order valence-corrected chi connectivity index (χ4v) is 2.30. The Bertz CT molecular complexity index is 441. The third kappa shape index (κ3) is 8.41. The molecule has 1 N–H and O–H groups in total. The summed E-state index contributed by atoms with van der Waals surface area (Å²) in [6.45, 7) is 6.25. The van der Waals surface area contributed by atoms with Crippen LogP contribution >= 0.6 is 0 Å². The van der Waals surface area contributed by atoms with Gasteiger partial charge in [-0.3, -0.25) is 9.18 Å². The smallest absolute Gasteiger partial charge is 0.310 e. The Morgan fingerprint density at radius 2 is 2.00 bits per heavy atom. The highest BCUT2D eigenvalue weighted by Gasteiger charge is 2.25. The molecule has 24 heavy (non-hydrogen) atoms. The molecule has 1 aromatic carbocycles. The molecule has 0 aliphatic carbocycles. The Hall–Kier alpha value is -1.46. The summed E-state index contributed by atoms with van der Waals surface area (Å²) in [5, 5.41) is 3.24. The van der Waals surface area contributed by atoms with Gasteiger partial charge in [-0.25, -0.2) is 0 Å². The lowest BCUT2D eigenvalue weighted by Crippen LogP contribution is -2.35. The second kappa shape index (κ2) is 12.9. The van der Waals surface area contributed by atoms with Crippen LogP contribution in [0.2, 0.25) is 0 Å². The monoisotopic (exact) mass is 339 g/mol. The van der Waals surface area contributed by atoms with Gasteiger partial charge in [-0.1, -0.05) is 50.6 Å². The fraction of sp³-hybridized carbons (Fsp3) is 0.632.